The van der Waals surface area contributed by atoms with Crippen molar-refractivity contribution in [1.29, 1.82) is 0 Å². The molecular formula is C24H15Br2NO5. The average Bonchev–Trinajstić information content (AvgIpc) is 3.45. The molecule has 1 unspecified atom stereocenters. The third-order valence-corrected chi connectivity index (χ3v) is 6.31. The first-order valence-electron chi connectivity index (χ1n) is 9.66. The zero-order valence-corrected chi connectivity index (χ0v) is 19.8. The van der Waals surface area contributed by atoms with Crippen LogP contribution < -0.4 is 4.90 Å². The molecule has 1 aliphatic rings. The molecule has 2 aromatic heterocycles. The van der Waals surface area contributed by atoms with E-state index in [2.05, 4.69) is 31.9 Å². The molecule has 0 radical (unpaired) electrons. The van der Waals surface area contributed by atoms with Gasteiger partial charge in [-0.15, -0.1) is 0 Å². The Kier molecular flexibility index (Phi) is 5.06. The van der Waals surface area contributed by atoms with E-state index in [1.165, 1.54) is 4.90 Å². The Bertz CT molecular complexity index is 1410. The molecule has 2 aromatic carbocycles. The van der Waals surface area contributed by atoms with Gasteiger partial charge in [-0.2, -0.15) is 0 Å². The monoisotopic (exact) mass is 555 g/mol. The molecule has 3 heterocycles. The molecule has 6 nitrogen and oxygen atoms in total. The van der Waals surface area contributed by atoms with Gasteiger partial charge < -0.3 is 13.9 Å². The molecule has 0 aliphatic carbocycles. The Hall–Kier alpha value is -3.10. The van der Waals surface area contributed by atoms with Crippen LogP contribution in [0.2, 0.25) is 0 Å². The lowest BCUT2D eigenvalue weighted by Crippen LogP contribution is -2.30. The van der Waals surface area contributed by atoms with Crippen molar-refractivity contribution < 1.29 is 23.5 Å². The Morgan fingerprint density at radius 1 is 0.969 bits per heavy atom. The lowest BCUT2D eigenvalue weighted by Gasteiger charge is -2.24. The van der Waals surface area contributed by atoms with Crippen molar-refractivity contribution in [3.05, 3.63) is 98.2 Å². The second kappa shape index (κ2) is 7.79. The van der Waals surface area contributed by atoms with Gasteiger partial charge in [0.2, 0.25) is 5.78 Å². The van der Waals surface area contributed by atoms with Crippen molar-refractivity contribution in [3.63, 3.8) is 0 Å². The van der Waals surface area contributed by atoms with Crippen LogP contribution in [0.1, 0.15) is 28.1 Å². The highest BCUT2D eigenvalue weighted by molar-refractivity contribution is 9.10. The molecule has 1 amide bonds. The van der Waals surface area contributed by atoms with E-state index in [9.17, 15) is 14.7 Å². The van der Waals surface area contributed by atoms with Gasteiger partial charge >= 0.3 is 0 Å². The molecule has 0 fully saturated rings. The maximum atomic E-state index is 13.5. The smallest absolute Gasteiger partial charge is 0.294 e. The van der Waals surface area contributed by atoms with E-state index in [-0.39, 0.29) is 11.3 Å². The first-order valence-corrected chi connectivity index (χ1v) is 11.2. The van der Waals surface area contributed by atoms with Gasteiger partial charge in [0.1, 0.15) is 23.1 Å². The van der Waals surface area contributed by atoms with E-state index < -0.39 is 23.5 Å². The van der Waals surface area contributed by atoms with Gasteiger partial charge in [-0.1, -0.05) is 31.9 Å². The Balaban J connectivity index is 1.65. The van der Waals surface area contributed by atoms with Gasteiger partial charge in [0.15, 0.2) is 11.5 Å². The third-order valence-electron chi connectivity index (χ3n) is 5.29. The average molecular weight is 557 g/mol. The molecule has 4 aromatic rings. The molecule has 0 spiro atoms. The minimum atomic E-state index is -0.940. The molecule has 1 N–H and O–H groups in total. The van der Waals surface area contributed by atoms with E-state index >= 15 is 0 Å². The fourth-order valence-electron chi connectivity index (χ4n) is 3.83. The summed E-state index contributed by atoms with van der Waals surface area (Å²) >= 11 is 6.78. The molecule has 160 valence electrons. The lowest BCUT2D eigenvalue weighted by molar-refractivity contribution is -0.117. The molecule has 0 saturated carbocycles. The molecule has 5 rings (SSSR count). The fraction of sp³-hybridized carbons (Fsp3) is 0.0833. The number of Topliss-reactive ketones (excluding diaryl/α,β-unsaturated/α-hetero) is 1. The number of ketones is 1. The van der Waals surface area contributed by atoms with Gasteiger partial charge in [-0.05, 0) is 67.6 Å². The number of carbonyl (C=O) groups is 2. The number of aliphatic hydroxyl groups excluding tert-OH is 1. The Labute approximate surface area is 199 Å². The summed E-state index contributed by atoms with van der Waals surface area (Å²) in [5.74, 6) is -0.882. The molecule has 1 aliphatic heterocycles. The molecule has 8 heteroatoms. The van der Waals surface area contributed by atoms with Crippen molar-refractivity contribution in [1.82, 2.24) is 0 Å². The zero-order chi connectivity index (χ0) is 22.6. The first kappa shape index (κ1) is 20.8. The summed E-state index contributed by atoms with van der Waals surface area (Å²) in [7, 11) is 0. The minimum absolute atomic E-state index is 0.0263. The molecule has 0 bridgehead atoms. The minimum Gasteiger partial charge on any atom is -0.503 e. The Morgan fingerprint density at radius 3 is 2.38 bits per heavy atom. The van der Waals surface area contributed by atoms with E-state index in [4.69, 9.17) is 8.83 Å². The van der Waals surface area contributed by atoms with Crippen molar-refractivity contribution in [2.75, 3.05) is 4.90 Å². The van der Waals surface area contributed by atoms with Crippen LogP contribution in [-0.4, -0.2) is 16.8 Å². The summed E-state index contributed by atoms with van der Waals surface area (Å²) in [4.78, 5) is 28.0. The van der Waals surface area contributed by atoms with Crippen LogP contribution in [0, 0.1) is 6.92 Å². The van der Waals surface area contributed by atoms with Gasteiger partial charge in [0.05, 0.1) is 5.57 Å². The van der Waals surface area contributed by atoms with Gasteiger partial charge in [-0.3, -0.25) is 14.5 Å². The van der Waals surface area contributed by atoms with E-state index in [1.54, 1.807) is 61.5 Å². The highest BCUT2D eigenvalue weighted by Gasteiger charge is 2.46. The lowest BCUT2D eigenvalue weighted by atomic mass is 9.99. The number of nitrogens with zero attached hydrogens (tertiary/aromatic N) is 1. The number of amides is 1. The number of hydrogen-bond acceptors (Lipinski definition) is 5. The van der Waals surface area contributed by atoms with Crippen LogP contribution >= 0.6 is 31.9 Å². The number of carbonyl (C=O) groups excluding carboxylic acids is 2. The summed E-state index contributed by atoms with van der Waals surface area (Å²) in [6.07, 6.45) is 0. The van der Waals surface area contributed by atoms with Crippen LogP contribution in [0.15, 0.2) is 89.8 Å². The van der Waals surface area contributed by atoms with E-state index in [0.717, 1.165) is 14.3 Å². The van der Waals surface area contributed by atoms with Crippen LogP contribution in [-0.2, 0) is 4.79 Å². The van der Waals surface area contributed by atoms with Crippen molar-refractivity contribution in [3.8, 4) is 0 Å². The SMILES string of the molecule is Cc1ccc(C2C(C(=O)c3cc4cc(Br)ccc4o3)=C(O)C(=O)N2c2ccc(Br)cc2)o1. The number of rotatable bonds is 4. The number of aliphatic hydroxyl groups is 1. The number of benzene rings is 2. The van der Waals surface area contributed by atoms with Gasteiger partial charge in [-0.25, -0.2) is 0 Å². The van der Waals surface area contributed by atoms with E-state index in [0.29, 0.717) is 22.8 Å². The predicted molar refractivity (Wildman–Crippen MR) is 126 cm³/mol. The zero-order valence-electron chi connectivity index (χ0n) is 16.6. The number of hydrogen-bond donors (Lipinski definition) is 1. The molecule has 1 atom stereocenters. The number of halogens is 2. The quantitative estimate of drug-likeness (QED) is 0.285. The normalized spacial score (nSPS) is 16.4. The number of fused-ring (bicyclic) bond motifs is 1. The largest absolute Gasteiger partial charge is 0.503 e. The van der Waals surface area contributed by atoms with Crippen molar-refractivity contribution in [2.45, 2.75) is 13.0 Å². The van der Waals surface area contributed by atoms with Crippen molar-refractivity contribution in [2.24, 2.45) is 0 Å². The second-order valence-corrected chi connectivity index (χ2v) is 9.22. The summed E-state index contributed by atoms with van der Waals surface area (Å²) in [5, 5.41) is 11.5. The van der Waals surface area contributed by atoms with Crippen LogP contribution in [0.25, 0.3) is 11.0 Å². The third kappa shape index (κ3) is 3.40. The topological polar surface area (TPSA) is 83.9 Å². The summed E-state index contributed by atoms with van der Waals surface area (Å²) in [5.41, 5.74) is 0.946. The standard InChI is InChI=1S/C24H15Br2NO5/c1-12-2-8-18(31-12)21-20(22(28)19-11-13-10-15(26)5-9-17(13)32-19)23(29)24(30)27(21)16-6-3-14(25)4-7-16/h2-11,21,29H,1H3. The maximum Gasteiger partial charge on any atom is 0.294 e. The van der Waals surface area contributed by atoms with Crippen LogP contribution in [0.5, 0.6) is 0 Å². The summed E-state index contributed by atoms with van der Waals surface area (Å²) in [6.45, 7) is 1.77. The number of furan rings is 2. The molecule has 0 saturated heterocycles. The van der Waals surface area contributed by atoms with Crippen LogP contribution in [0.4, 0.5) is 5.69 Å². The summed E-state index contributed by atoms with van der Waals surface area (Å²) in [6, 6.07) is 16.5. The Morgan fingerprint density at radius 2 is 1.69 bits per heavy atom. The highest BCUT2D eigenvalue weighted by atomic mass is 79.9. The number of aryl methyl sites for hydroxylation is 1. The van der Waals surface area contributed by atoms with Gasteiger partial charge in [0.25, 0.3) is 5.91 Å². The predicted octanol–water partition coefficient (Wildman–Crippen LogP) is 6.64. The number of anilines is 1. The second-order valence-electron chi connectivity index (χ2n) is 7.39. The maximum absolute atomic E-state index is 13.5. The van der Waals surface area contributed by atoms with E-state index in [1.807, 2.05) is 6.07 Å². The van der Waals surface area contributed by atoms with Crippen molar-refractivity contribution >= 4 is 60.2 Å². The fourth-order valence-corrected chi connectivity index (χ4v) is 4.48. The van der Waals surface area contributed by atoms with Crippen LogP contribution in [0.3, 0.4) is 0 Å². The first-order chi connectivity index (χ1) is 15.3. The molecular weight excluding hydrogens is 542 g/mol. The molecule has 32 heavy (non-hydrogen) atoms. The highest BCUT2D eigenvalue weighted by Crippen LogP contribution is 2.43. The van der Waals surface area contributed by atoms with Gasteiger partial charge in [0, 0.05) is 20.0 Å². The summed E-state index contributed by atoms with van der Waals surface area (Å²) < 4.78 is 13.2.